The van der Waals surface area contributed by atoms with Crippen LogP contribution in [0.15, 0.2) is 24.3 Å². The third-order valence-corrected chi connectivity index (χ3v) is 4.75. The molecule has 3 heterocycles. The maximum Gasteiger partial charge on any atom is 0.410 e. The van der Waals surface area contributed by atoms with E-state index in [1.165, 1.54) is 5.52 Å². The van der Waals surface area contributed by atoms with E-state index in [1.54, 1.807) is 0 Å². The van der Waals surface area contributed by atoms with E-state index in [2.05, 4.69) is 41.5 Å². The molecule has 8 nitrogen and oxygen atoms in total. The van der Waals surface area contributed by atoms with Crippen LogP contribution in [0.3, 0.4) is 0 Å². The molecular weight excluding hydrogens is 336 g/mol. The van der Waals surface area contributed by atoms with E-state index in [9.17, 15) is 4.79 Å². The number of cyclic esters (lactones) is 1. The van der Waals surface area contributed by atoms with Gasteiger partial charge in [-0.3, -0.25) is 14.6 Å². The summed E-state index contributed by atoms with van der Waals surface area (Å²) in [5, 5.41) is 6.89. The van der Waals surface area contributed by atoms with Crippen molar-refractivity contribution in [2.75, 3.05) is 26.2 Å². The number of hydrogen-bond donors (Lipinski definition) is 1. The fourth-order valence-corrected chi connectivity index (χ4v) is 3.68. The minimum absolute atomic E-state index is 0.163. The van der Waals surface area contributed by atoms with Crippen LogP contribution < -0.4 is 0 Å². The number of carboxylic acid groups (broad SMARTS) is 1. The van der Waals surface area contributed by atoms with Crippen LogP contribution in [-0.2, 0) is 16.1 Å². The summed E-state index contributed by atoms with van der Waals surface area (Å²) in [6.07, 6.45) is -0.163. The van der Waals surface area contributed by atoms with Gasteiger partial charge < -0.3 is 14.4 Å². The van der Waals surface area contributed by atoms with Gasteiger partial charge in [-0.1, -0.05) is 12.1 Å². The molecule has 4 rings (SSSR count). The largest absolute Gasteiger partial charge is 0.483 e. The second kappa shape index (κ2) is 7.74. The lowest BCUT2D eigenvalue weighted by Gasteiger charge is -2.35. The number of amides is 1. The lowest BCUT2D eigenvalue weighted by molar-refractivity contribution is -0.122. The quantitative estimate of drug-likeness (QED) is 0.842. The highest BCUT2D eigenvalue weighted by atomic mass is 16.6. The molecule has 0 saturated carbocycles. The molecule has 2 aliphatic rings. The molecule has 8 heteroatoms. The van der Waals surface area contributed by atoms with Gasteiger partial charge in [0.25, 0.3) is 6.47 Å². The van der Waals surface area contributed by atoms with Gasteiger partial charge in [0, 0.05) is 25.7 Å². The number of nitrogens with zero attached hydrogens (tertiary/aromatic N) is 4. The number of aromatic nitrogens is 2. The number of para-hydroxylation sites is 2. The third-order valence-electron chi connectivity index (χ3n) is 4.75. The zero-order valence-electron chi connectivity index (χ0n) is 15.0. The normalized spacial score (nSPS) is 19.9. The van der Waals surface area contributed by atoms with Gasteiger partial charge >= 0.3 is 6.09 Å². The molecule has 1 amide bonds. The van der Waals surface area contributed by atoms with E-state index in [0.29, 0.717) is 12.6 Å². The number of ether oxygens (including phenoxy) is 1. The van der Waals surface area contributed by atoms with E-state index in [-0.39, 0.29) is 18.6 Å². The number of imidazole rings is 1. The minimum atomic E-state index is -0.250. The average molecular weight is 360 g/mol. The topological polar surface area (TPSA) is 87.9 Å². The van der Waals surface area contributed by atoms with Crippen LogP contribution in [0.25, 0.3) is 11.0 Å². The van der Waals surface area contributed by atoms with Crippen LogP contribution in [0.1, 0.15) is 25.7 Å². The molecule has 1 N–H and O–H groups in total. The zero-order chi connectivity index (χ0) is 18.7. The van der Waals surface area contributed by atoms with Crippen LogP contribution in [0.5, 0.6) is 0 Å². The van der Waals surface area contributed by atoms with Crippen molar-refractivity contribution in [1.29, 1.82) is 0 Å². The lowest BCUT2D eigenvalue weighted by Crippen LogP contribution is -2.51. The van der Waals surface area contributed by atoms with Crippen molar-refractivity contribution in [2.45, 2.75) is 32.5 Å². The molecule has 2 fully saturated rings. The summed E-state index contributed by atoms with van der Waals surface area (Å²) in [5.74, 6) is 1.10. The number of fused-ring (bicyclic) bond motifs is 2. The Kier molecular flexibility index (Phi) is 5.41. The highest BCUT2D eigenvalue weighted by Gasteiger charge is 2.37. The SMILES string of the molecule is CC(C)n1c(CN2CCN3C(=O)OCC3C2)nc2ccccc21.O=CO. The van der Waals surface area contributed by atoms with Crippen LogP contribution in [0.4, 0.5) is 4.79 Å². The zero-order valence-corrected chi connectivity index (χ0v) is 15.0. The summed E-state index contributed by atoms with van der Waals surface area (Å²) >= 11 is 0. The molecule has 26 heavy (non-hydrogen) atoms. The Balaban J connectivity index is 0.000000613. The Bertz CT molecular complexity index is 789. The molecule has 1 atom stereocenters. The van der Waals surface area contributed by atoms with E-state index in [1.807, 2.05) is 11.0 Å². The molecular formula is C18H24N4O4. The van der Waals surface area contributed by atoms with Gasteiger partial charge in [-0.2, -0.15) is 0 Å². The first kappa shape index (κ1) is 18.2. The summed E-state index contributed by atoms with van der Waals surface area (Å²) in [6, 6.07) is 8.85. The molecule has 2 aromatic rings. The minimum Gasteiger partial charge on any atom is -0.483 e. The van der Waals surface area contributed by atoms with Crippen molar-refractivity contribution in [1.82, 2.24) is 19.4 Å². The molecule has 1 aromatic carbocycles. The molecule has 0 aliphatic carbocycles. The van der Waals surface area contributed by atoms with Gasteiger partial charge in [0.2, 0.25) is 0 Å². The second-order valence-electron chi connectivity index (χ2n) is 6.75. The number of carbonyl (C=O) groups is 2. The summed E-state index contributed by atoms with van der Waals surface area (Å²) < 4.78 is 7.47. The Morgan fingerprint density at radius 2 is 2.08 bits per heavy atom. The number of benzene rings is 1. The van der Waals surface area contributed by atoms with Crippen LogP contribution >= 0.6 is 0 Å². The molecule has 2 saturated heterocycles. The van der Waals surface area contributed by atoms with E-state index in [0.717, 1.165) is 37.5 Å². The van der Waals surface area contributed by atoms with Gasteiger partial charge in [0.05, 0.1) is 23.6 Å². The molecule has 1 unspecified atom stereocenters. The first-order valence-electron chi connectivity index (χ1n) is 8.74. The Hall–Kier alpha value is -2.61. The molecule has 0 spiro atoms. The van der Waals surface area contributed by atoms with Crippen LogP contribution in [0.2, 0.25) is 0 Å². The first-order chi connectivity index (χ1) is 12.5. The van der Waals surface area contributed by atoms with Gasteiger partial charge in [-0.25, -0.2) is 9.78 Å². The maximum atomic E-state index is 11.6. The van der Waals surface area contributed by atoms with Gasteiger partial charge in [-0.05, 0) is 26.0 Å². The Labute approximate surface area is 152 Å². The predicted molar refractivity (Wildman–Crippen MR) is 95.9 cm³/mol. The van der Waals surface area contributed by atoms with Crippen LogP contribution in [0, 0.1) is 0 Å². The van der Waals surface area contributed by atoms with Crippen molar-refractivity contribution in [3.63, 3.8) is 0 Å². The van der Waals surface area contributed by atoms with Gasteiger partial charge in [0.1, 0.15) is 12.4 Å². The molecule has 0 radical (unpaired) electrons. The Morgan fingerprint density at radius 3 is 2.81 bits per heavy atom. The molecule has 1 aromatic heterocycles. The number of hydrogen-bond acceptors (Lipinski definition) is 5. The highest BCUT2D eigenvalue weighted by Crippen LogP contribution is 2.24. The monoisotopic (exact) mass is 360 g/mol. The van der Waals surface area contributed by atoms with Crippen molar-refractivity contribution in [2.24, 2.45) is 0 Å². The van der Waals surface area contributed by atoms with Gasteiger partial charge in [-0.15, -0.1) is 0 Å². The second-order valence-corrected chi connectivity index (χ2v) is 6.75. The summed E-state index contributed by atoms with van der Waals surface area (Å²) in [5.41, 5.74) is 2.24. The number of piperazine rings is 1. The smallest absolute Gasteiger partial charge is 0.410 e. The van der Waals surface area contributed by atoms with E-state index >= 15 is 0 Å². The number of rotatable bonds is 3. The maximum absolute atomic E-state index is 11.6. The van der Waals surface area contributed by atoms with Gasteiger partial charge in [0.15, 0.2) is 0 Å². The highest BCUT2D eigenvalue weighted by molar-refractivity contribution is 5.76. The lowest BCUT2D eigenvalue weighted by atomic mass is 10.2. The molecule has 140 valence electrons. The number of carbonyl (C=O) groups excluding carboxylic acids is 1. The third kappa shape index (κ3) is 3.50. The van der Waals surface area contributed by atoms with Crippen molar-refractivity contribution in [3.8, 4) is 0 Å². The standard InChI is InChI=1S/C17H22N4O2.CH2O2/c1-12(2)21-15-6-4-3-5-14(15)18-16(21)10-19-7-8-20-13(9-19)11-23-17(20)22;2-1-3/h3-6,12-13H,7-11H2,1-2H3;1H,(H,2,3). The first-order valence-corrected chi connectivity index (χ1v) is 8.74. The fourth-order valence-electron chi connectivity index (χ4n) is 3.68. The van der Waals surface area contributed by atoms with Crippen molar-refractivity contribution in [3.05, 3.63) is 30.1 Å². The van der Waals surface area contributed by atoms with Crippen molar-refractivity contribution < 1.29 is 19.4 Å². The van der Waals surface area contributed by atoms with Crippen LogP contribution in [-0.4, -0.2) is 69.3 Å². The average Bonchev–Trinajstić information content (AvgIpc) is 3.16. The summed E-state index contributed by atoms with van der Waals surface area (Å²) in [4.78, 5) is 29.0. The predicted octanol–water partition coefficient (Wildman–Crippen LogP) is 1.95. The molecule has 0 bridgehead atoms. The Morgan fingerprint density at radius 1 is 1.35 bits per heavy atom. The fraction of sp³-hybridized carbons (Fsp3) is 0.500. The van der Waals surface area contributed by atoms with Crippen molar-refractivity contribution >= 4 is 23.6 Å². The van der Waals surface area contributed by atoms with E-state index in [4.69, 9.17) is 19.6 Å². The van der Waals surface area contributed by atoms with E-state index < -0.39 is 0 Å². The summed E-state index contributed by atoms with van der Waals surface area (Å²) in [7, 11) is 0. The molecule has 2 aliphatic heterocycles. The summed E-state index contributed by atoms with van der Waals surface area (Å²) in [6.45, 7) is 7.92.